The van der Waals surface area contributed by atoms with Crippen LogP contribution in [-0.2, 0) is 29.7 Å². The predicted molar refractivity (Wildman–Crippen MR) is 125 cm³/mol. The molecule has 2 aliphatic heterocycles. The molecule has 0 aliphatic carbocycles. The fraction of sp³-hybridized carbons (Fsp3) is 0.280. The maximum Gasteiger partial charge on any atom is 0.419 e. The van der Waals surface area contributed by atoms with Gasteiger partial charge in [0.1, 0.15) is 6.61 Å². The Hall–Kier alpha value is -4.18. The first-order chi connectivity index (χ1) is 16.9. The number of hydrogen-bond acceptors (Lipinski definition) is 7. The van der Waals surface area contributed by atoms with Gasteiger partial charge in [-0.25, -0.2) is 14.3 Å². The summed E-state index contributed by atoms with van der Waals surface area (Å²) < 4.78 is 13.6. The van der Waals surface area contributed by atoms with Crippen LogP contribution in [0.2, 0.25) is 0 Å². The first-order valence-corrected chi connectivity index (χ1v) is 11.3. The maximum atomic E-state index is 12.5. The summed E-state index contributed by atoms with van der Waals surface area (Å²) in [7, 11) is 1.66. The number of aromatic nitrogens is 3. The second kappa shape index (κ2) is 7.95. The van der Waals surface area contributed by atoms with E-state index in [4.69, 9.17) is 9.15 Å². The average molecular weight is 473 g/mol. The summed E-state index contributed by atoms with van der Waals surface area (Å²) in [6.07, 6.45) is 3.70. The molecule has 1 saturated heterocycles. The number of carbonyl (C=O) groups excluding carboxylic acids is 2. The Morgan fingerprint density at radius 3 is 2.89 bits per heavy atom. The molecule has 35 heavy (non-hydrogen) atoms. The van der Waals surface area contributed by atoms with Crippen LogP contribution < -0.4 is 11.1 Å². The van der Waals surface area contributed by atoms with E-state index in [0.29, 0.717) is 29.8 Å². The summed E-state index contributed by atoms with van der Waals surface area (Å²) in [5.41, 5.74) is 6.46. The van der Waals surface area contributed by atoms with Gasteiger partial charge in [0, 0.05) is 37.5 Å². The summed E-state index contributed by atoms with van der Waals surface area (Å²) in [5, 5.41) is 7.56. The lowest BCUT2D eigenvalue weighted by molar-refractivity contribution is -0.125. The van der Waals surface area contributed by atoms with E-state index in [0.717, 1.165) is 27.9 Å². The van der Waals surface area contributed by atoms with Crippen LogP contribution in [0.4, 0.5) is 0 Å². The van der Waals surface area contributed by atoms with Gasteiger partial charge in [0.25, 0.3) is 0 Å². The van der Waals surface area contributed by atoms with Gasteiger partial charge < -0.3 is 14.5 Å². The summed E-state index contributed by atoms with van der Waals surface area (Å²) >= 11 is 0. The highest BCUT2D eigenvalue weighted by molar-refractivity contribution is 5.94. The lowest BCUT2D eigenvalue weighted by atomic mass is 9.93. The fourth-order valence-electron chi connectivity index (χ4n) is 4.95. The number of cyclic esters (lactones) is 1. The molecule has 1 fully saturated rings. The Balaban J connectivity index is 1.22. The van der Waals surface area contributed by atoms with Crippen molar-refractivity contribution in [3.8, 4) is 5.69 Å². The van der Waals surface area contributed by atoms with Crippen molar-refractivity contribution in [1.82, 2.24) is 24.6 Å². The molecule has 1 unspecified atom stereocenters. The highest BCUT2D eigenvalue weighted by Crippen LogP contribution is 2.30. The standard InChI is InChI=1S/C25H23N5O5/c1-14-17(4-5-18-19(14)13-34-24(18)32)20-11-29(12-23(31)27-20)9-15-8-26-30(10-15)16-3-6-22-21(7-16)28(2)25(33)35-22/h3-8,10,20H,9,11-13H2,1-2H3,(H,27,31). The highest BCUT2D eigenvalue weighted by Gasteiger charge is 2.30. The third kappa shape index (κ3) is 3.62. The second-order valence-electron chi connectivity index (χ2n) is 9.04. The van der Waals surface area contributed by atoms with E-state index >= 15 is 0 Å². The number of rotatable bonds is 4. The number of esters is 1. The zero-order valence-corrected chi connectivity index (χ0v) is 19.3. The first kappa shape index (κ1) is 21.4. The van der Waals surface area contributed by atoms with Gasteiger partial charge in [0.2, 0.25) is 5.91 Å². The lowest BCUT2D eigenvalue weighted by Crippen LogP contribution is -2.49. The third-order valence-corrected chi connectivity index (χ3v) is 6.81. The van der Waals surface area contributed by atoms with Crippen molar-refractivity contribution in [3.05, 3.63) is 81.1 Å². The molecule has 4 heterocycles. The van der Waals surface area contributed by atoms with E-state index in [9.17, 15) is 14.4 Å². The van der Waals surface area contributed by atoms with Crippen LogP contribution in [0.25, 0.3) is 16.8 Å². The minimum atomic E-state index is -0.408. The Bertz CT molecular complexity index is 1560. The number of aryl methyl sites for hydroxylation is 1. The zero-order valence-electron chi connectivity index (χ0n) is 19.3. The van der Waals surface area contributed by atoms with Crippen LogP contribution in [0.15, 0.2) is 51.9 Å². The van der Waals surface area contributed by atoms with E-state index in [2.05, 4.69) is 15.3 Å². The van der Waals surface area contributed by atoms with Gasteiger partial charge in [-0.05, 0) is 42.3 Å². The molecule has 10 heteroatoms. The van der Waals surface area contributed by atoms with E-state index in [1.807, 2.05) is 31.3 Å². The number of nitrogens with zero attached hydrogens (tertiary/aromatic N) is 4. The summed E-state index contributed by atoms with van der Waals surface area (Å²) in [6.45, 7) is 3.72. The van der Waals surface area contributed by atoms with E-state index in [1.165, 1.54) is 4.57 Å². The predicted octanol–water partition coefficient (Wildman–Crippen LogP) is 1.97. The van der Waals surface area contributed by atoms with Crippen molar-refractivity contribution in [2.75, 3.05) is 13.1 Å². The molecule has 1 N–H and O–H groups in total. The number of benzene rings is 2. The first-order valence-electron chi connectivity index (χ1n) is 11.3. The molecule has 10 nitrogen and oxygen atoms in total. The van der Waals surface area contributed by atoms with E-state index in [-0.39, 0.29) is 31.1 Å². The van der Waals surface area contributed by atoms with Crippen molar-refractivity contribution in [3.63, 3.8) is 0 Å². The molecule has 2 aromatic carbocycles. The number of oxazole rings is 1. The molecule has 0 spiro atoms. The Morgan fingerprint density at radius 1 is 1.17 bits per heavy atom. The van der Waals surface area contributed by atoms with Gasteiger partial charge in [-0.3, -0.25) is 14.3 Å². The Kier molecular flexibility index (Phi) is 4.85. The quantitative estimate of drug-likeness (QED) is 0.451. The van der Waals surface area contributed by atoms with Gasteiger partial charge in [-0.15, -0.1) is 0 Å². The van der Waals surface area contributed by atoms with Crippen LogP contribution in [0.5, 0.6) is 0 Å². The van der Waals surface area contributed by atoms with Gasteiger partial charge in [0.05, 0.1) is 35.6 Å². The van der Waals surface area contributed by atoms with Crippen molar-refractivity contribution >= 4 is 23.0 Å². The second-order valence-corrected chi connectivity index (χ2v) is 9.04. The largest absolute Gasteiger partial charge is 0.457 e. The molecule has 178 valence electrons. The summed E-state index contributed by atoms with van der Waals surface area (Å²) in [6, 6.07) is 8.97. The van der Waals surface area contributed by atoms with Crippen molar-refractivity contribution in [2.24, 2.45) is 7.05 Å². The molecule has 2 aliphatic rings. The van der Waals surface area contributed by atoms with Crippen LogP contribution in [0.1, 0.15) is 38.7 Å². The van der Waals surface area contributed by atoms with Crippen molar-refractivity contribution in [1.29, 1.82) is 0 Å². The molecule has 6 rings (SSSR count). The Morgan fingerprint density at radius 2 is 2.03 bits per heavy atom. The molecular formula is C25H23N5O5. The number of hydrogen-bond donors (Lipinski definition) is 1. The van der Waals surface area contributed by atoms with Gasteiger partial charge in [0.15, 0.2) is 5.58 Å². The molecule has 1 atom stereocenters. The minimum absolute atomic E-state index is 0.0489. The van der Waals surface area contributed by atoms with Crippen LogP contribution in [-0.4, -0.2) is 44.2 Å². The average Bonchev–Trinajstić information content (AvgIpc) is 3.52. The number of nitrogens with one attached hydrogen (secondary N) is 1. The third-order valence-electron chi connectivity index (χ3n) is 6.81. The zero-order chi connectivity index (χ0) is 24.3. The minimum Gasteiger partial charge on any atom is -0.457 e. The normalized spacial score (nSPS) is 18.1. The number of piperazine rings is 1. The van der Waals surface area contributed by atoms with Crippen LogP contribution in [0.3, 0.4) is 0 Å². The molecule has 0 saturated carbocycles. The van der Waals surface area contributed by atoms with Gasteiger partial charge in [-0.1, -0.05) is 6.07 Å². The smallest absolute Gasteiger partial charge is 0.419 e. The van der Waals surface area contributed by atoms with Crippen molar-refractivity contribution in [2.45, 2.75) is 26.1 Å². The van der Waals surface area contributed by atoms with Crippen LogP contribution in [0, 0.1) is 6.92 Å². The number of fused-ring (bicyclic) bond motifs is 2. The summed E-state index contributed by atoms with van der Waals surface area (Å²) in [5.74, 6) is -0.753. The van der Waals surface area contributed by atoms with Gasteiger partial charge >= 0.3 is 11.7 Å². The monoisotopic (exact) mass is 473 g/mol. The van der Waals surface area contributed by atoms with Crippen molar-refractivity contribution < 1.29 is 18.7 Å². The van der Waals surface area contributed by atoms with E-state index < -0.39 is 5.76 Å². The molecule has 4 aromatic rings. The highest BCUT2D eigenvalue weighted by atomic mass is 16.5. The fourth-order valence-corrected chi connectivity index (χ4v) is 4.95. The lowest BCUT2D eigenvalue weighted by Gasteiger charge is -2.34. The summed E-state index contributed by atoms with van der Waals surface area (Å²) in [4.78, 5) is 38.3. The Labute approximate surface area is 199 Å². The molecule has 0 bridgehead atoms. The number of ether oxygens (including phenoxy) is 1. The SMILES string of the molecule is Cc1c(C2CN(Cc3cnn(-c4ccc5oc(=O)n(C)c5c4)c3)CC(=O)N2)ccc2c1COC2=O. The maximum absolute atomic E-state index is 12.5. The van der Waals surface area contributed by atoms with E-state index in [1.54, 1.807) is 30.1 Å². The number of amides is 1. The molecule has 2 aromatic heterocycles. The van der Waals surface area contributed by atoms with Crippen LogP contribution >= 0.6 is 0 Å². The topological polar surface area (TPSA) is 112 Å². The molecule has 0 radical (unpaired) electrons. The van der Waals surface area contributed by atoms with Gasteiger partial charge in [-0.2, -0.15) is 5.10 Å². The molecule has 1 amide bonds. The molecular weight excluding hydrogens is 450 g/mol. The number of carbonyl (C=O) groups is 2.